The molecule has 32 heavy (non-hydrogen) atoms. The average molecular weight is 437 g/mol. The van der Waals surface area contributed by atoms with E-state index in [2.05, 4.69) is 11.3 Å². The van der Waals surface area contributed by atoms with E-state index in [0.717, 1.165) is 15.9 Å². The predicted molar refractivity (Wildman–Crippen MR) is 113 cm³/mol. The number of non-ortho nitro benzene ring substituents is 1. The molecule has 0 spiro atoms. The van der Waals surface area contributed by atoms with Gasteiger partial charge in [-0.15, -0.1) is 6.58 Å². The van der Waals surface area contributed by atoms with Crippen molar-refractivity contribution in [2.75, 3.05) is 18.6 Å². The van der Waals surface area contributed by atoms with Gasteiger partial charge in [0.25, 0.3) is 17.5 Å². The lowest BCUT2D eigenvalue weighted by Crippen LogP contribution is -2.45. The molecule has 0 N–H and O–H groups in total. The van der Waals surface area contributed by atoms with Crippen molar-refractivity contribution in [1.29, 1.82) is 0 Å². The first-order valence-electron chi connectivity index (χ1n) is 9.50. The van der Waals surface area contributed by atoms with Gasteiger partial charge in [-0.05, 0) is 30.3 Å². The van der Waals surface area contributed by atoms with Crippen LogP contribution in [0, 0.1) is 10.1 Å². The van der Waals surface area contributed by atoms with Gasteiger partial charge in [0.2, 0.25) is 5.91 Å². The fourth-order valence-corrected chi connectivity index (χ4v) is 3.40. The van der Waals surface area contributed by atoms with Crippen LogP contribution in [-0.2, 0) is 14.3 Å². The summed E-state index contributed by atoms with van der Waals surface area (Å²) in [6.07, 6.45) is 1.15. The van der Waals surface area contributed by atoms with Gasteiger partial charge >= 0.3 is 5.97 Å². The van der Waals surface area contributed by atoms with E-state index in [-0.39, 0.29) is 35.5 Å². The topological polar surface area (TPSA) is 127 Å². The second-order valence-electron chi connectivity index (χ2n) is 6.88. The predicted octanol–water partition coefficient (Wildman–Crippen LogP) is 2.34. The molecule has 1 heterocycles. The molecule has 0 radical (unpaired) electrons. The van der Waals surface area contributed by atoms with Crippen LogP contribution in [0.2, 0.25) is 0 Å². The number of rotatable bonds is 7. The molecule has 0 saturated carbocycles. The standard InChI is InChI=1S/C22H19N3O7/c1-3-11-23(20(27)15-5-4-6-17(12-15)25(30)31)18-13-19(26)24(21(18)28)16-9-7-14(8-10-16)22(29)32-2/h3-10,12,18H,1,11,13H2,2H3. The molecule has 1 aliphatic heterocycles. The summed E-state index contributed by atoms with van der Waals surface area (Å²) in [6, 6.07) is 9.74. The van der Waals surface area contributed by atoms with E-state index in [1.807, 2.05) is 0 Å². The van der Waals surface area contributed by atoms with Gasteiger partial charge in [-0.2, -0.15) is 0 Å². The molecule has 3 rings (SSSR count). The van der Waals surface area contributed by atoms with Crippen LogP contribution < -0.4 is 4.90 Å². The number of nitro benzene ring substituents is 1. The van der Waals surface area contributed by atoms with E-state index < -0.39 is 34.7 Å². The van der Waals surface area contributed by atoms with E-state index in [1.54, 1.807) is 0 Å². The fourth-order valence-electron chi connectivity index (χ4n) is 3.40. The molecule has 1 unspecified atom stereocenters. The quantitative estimate of drug-likeness (QED) is 0.214. The Morgan fingerprint density at radius 2 is 1.91 bits per heavy atom. The number of amides is 3. The Morgan fingerprint density at radius 3 is 2.50 bits per heavy atom. The van der Waals surface area contributed by atoms with Crippen LogP contribution in [0.4, 0.5) is 11.4 Å². The van der Waals surface area contributed by atoms with Crippen molar-refractivity contribution in [2.45, 2.75) is 12.5 Å². The summed E-state index contributed by atoms with van der Waals surface area (Å²) in [7, 11) is 1.24. The van der Waals surface area contributed by atoms with Gasteiger partial charge in [0.15, 0.2) is 0 Å². The number of ether oxygens (including phenoxy) is 1. The maximum Gasteiger partial charge on any atom is 0.337 e. The third kappa shape index (κ3) is 4.24. The summed E-state index contributed by atoms with van der Waals surface area (Å²) in [6.45, 7) is 3.55. The zero-order chi connectivity index (χ0) is 23.4. The van der Waals surface area contributed by atoms with Crippen molar-refractivity contribution >= 4 is 35.1 Å². The minimum atomic E-state index is -1.10. The molecule has 2 aromatic carbocycles. The monoisotopic (exact) mass is 437 g/mol. The van der Waals surface area contributed by atoms with E-state index >= 15 is 0 Å². The van der Waals surface area contributed by atoms with Gasteiger partial charge in [-0.25, -0.2) is 9.69 Å². The molecular formula is C22H19N3O7. The first-order chi connectivity index (χ1) is 15.3. The lowest BCUT2D eigenvalue weighted by molar-refractivity contribution is -0.384. The number of hydrogen-bond acceptors (Lipinski definition) is 7. The molecule has 1 saturated heterocycles. The number of nitro groups is 1. The summed E-state index contributed by atoms with van der Waals surface area (Å²) in [5.41, 5.74) is 0.246. The molecule has 1 atom stereocenters. The van der Waals surface area contributed by atoms with Crippen molar-refractivity contribution in [3.05, 3.63) is 82.4 Å². The highest BCUT2D eigenvalue weighted by Crippen LogP contribution is 2.27. The molecule has 0 bridgehead atoms. The minimum absolute atomic E-state index is 0.0159. The number of esters is 1. The first-order valence-corrected chi connectivity index (χ1v) is 9.50. The lowest BCUT2D eigenvalue weighted by atomic mass is 10.1. The number of anilines is 1. The van der Waals surface area contributed by atoms with E-state index in [0.29, 0.717) is 0 Å². The molecule has 10 nitrogen and oxygen atoms in total. The normalized spacial score (nSPS) is 15.4. The number of imide groups is 1. The highest BCUT2D eigenvalue weighted by atomic mass is 16.6. The Kier molecular flexibility index (Phi) is 6.43. The van der Waals surface area contributed by atoms with Gasteiger partial charge < -0.3 is 9.64 Å². The molecular weight excluding hydrogens is 418 g/mol. The molecule has 3 amide bonds. The number of methoxy groups -OCH3 is 1. The summed E-state index contributed by atoms with van der Waals surface area (Å²) >= 11 is 0. The SMILES string of the molecule is C=CCN(C(=O)c1cccc([N+](=O)[O-])c1)C1CC(=O)N(c2ccc(C(=O)OC)cc2)C1=O. The third-order valence-electron chi connectivity index (χ3n) is 4.94. The van der Waals surface area contributed by atoms with Gasteiger partial charge in [0, 0.05) is 24.2 Å². The van der Waals surface area contributed by atoms with E-state index in [9.17, 15) is 29.3 Å². The smallest absolute Gasteiger partial charge is 0.337 e. The molecule has 0 aromatic heterocycles. The van der Waals surface area contributed by atoms with Crippen molar-refractivity contribution in [1.82, 2.24) is 4.90 Å². The number of hydrogen-bond donors (Lipinski definition) is 0. The lowest BCUT2D eigenvalue weighted by Gasteiger charge is -2.26. The molecule has 10 heteroatoms. The highest BCUT2D eigenvalue weighted by Gasteiger charge is 2.44. The average Bonchev–Trinajstić information content (AvgIpc) is 3.10. The minimum Gasteiger partial charge on any atom is -0.465 e. The number of nitrogens with zero attached hydrogens (tertiary/aromatic N) is 3. The second-order valence-corrected chi connectivity index (χ2v) is 6.88. The van der Waals surface area contributed by atoms with Crippen LogP contribution in [-0.4, -0.2) is 53.2 Å². The Balaban J connectivity index is 1.89. The fraction of sp³-hybridized carbons (Fsp3) is 0.182. The van der Waals surface area contributed by atoms with Crippen LogP contribution in [0.5, 0.6) is 0 Å². The zero-order valence-electron chi connectivity index (χ0n) is 17.1. The van der Waals surface area contributed by atoms with Crippen LogP contribution in [0.25, 0.3) is 0 Å². The number of carbonyl (C=O) groups excluding carboxylic acids is 4. The van der Waals surface area contributed by atoms with Crippen molar-refractivity contribution < 1.29 is 28.8 Å². The van der Waals surface area contributed by atoms with E-state index in [1.165, 1.54) is 55.7 Å². The Morgan fingerprint density at radius 1 is 1.22 bits per heavy atom. The van der Waals surface area contributed by atoms with Gasteiger partial charge in [0.05, 0.1) is 29.7 Å². The van der Waals surface area contributed by atoms with Crippen molar-refractivity contribution in [2.24, 2.45) is 0 Å². The van der Waals surface area contributed by atoms with Gasteiger partial charge in [0.1, 0.15) is 6.04 Å². The Labute approximate surface area is 182 Å². The largest absolute Gasteiger partial charge is 0.465 e. The molecule has 164 valence electrons. The summed E-state index contributed by atoms with van der Waals surface area (Å²) in [4.78, 5) is 62.9. The summed E-state index contributed by atoms with van der Waals surface area (Å²) in [5, 5.41) is 11.0. The van der Waals surface area contributed by atoms with Crippen molar-refractivity contribution in [3.8, 4) is 0 Å². The van der Waals surface area contributed by atoms with Crippen LogP contribution >= 0.6 is 0 Å². The van der Waals surface area contributed by atoms with Crippen molar-refractivity contribution in [3.63, 3.8) is 0 Å². The highest BCUT2D eigenvalue weighted by molar-refractivity contribution is 6.23. The van der Waals surface area contributed by atoms with Crippen LogP contribution in [0.3, 0.4) is 0 Å². The molecule has 1 fully saturated rings. The van der Waals surface area contributed by atoms with Gasteiger partial charge in [-0.1, -0.05) is 12.1 Å². The third-order valence-corrected chi connectivity index (χ3v) is 4.94. The molecule has 0 aliphatic carbocycles. The van der Waals surface area contributed by atoms with Crippen LogP contribution in [0.1, 0.15) is 27.1 Å². The Bertz CT molecular complexity index is 1110. The van der Waals surface area contributed by atoms with Gasteiger partial charge in [-0.3, -0.25) is 24.5 Å². The number of carbonyl (C=O) groups is 4. The molecule has 2 aromatic rings. The summed E-state index contributed by atoms with van der Waals surface area (Å²) in [5.74, 6) is -2.34. The summed E-state index contributed by atoms with van der Waals surface area (Å²) < 4.78 is 4.63. The maximum atomic E-state index is 13.1. The molecule has 1 aliphatic rings. The second kappa shape index (κ2) is 9.21. The Hall–Kier alpha value is -4.34. The van der Waals surface area contributed by atoms with Crippen LogP contribution in [0.15, 0.2) is 61.2 Å². The van der Waals surface area contributed by atoms with E-state index in [4.69, 9.17) is 0 Å². The zero-order valence-corrected chi connectivity index (χ0v) is 17.1. The maximum absolute atomic E-state index is 13.1. The first kappa shape index (κ1) is 22.3. The number of benzene rings is 2.